The van der Waals surface area contributed by atoms with Crippen molar-refractivity contribution in [1.29, 1.82) is 0 Å². The first-order valence-electron chi connectivity index (χ1n) is 7.18. The Kier molecular flexibility index (Phi) is 4.05. The lowest BCUT2D eigenvalue weighted by Crippen LogP contribution is -2.32. The zero-order valence-electron chi connectivity index (χ0n) is 12.3. The van der Waals surface area contributed by atoms with Gasteiger partial charge in [0.25, 0.3) is 11.8 Å². The summed E-state index contributed by atoms with van der Waals surface area (Å²) in [5.41, 5.74) is 2.50. The van der Waals surface area contributed by atoms with E-state index in [0.717, 1.165) is 5.56 Å². The van der Waals surface area contributed by atoms with E-state index in [4.69, 9.17) is 0 Å². The molecule has 1 heterocycles. The molecule has 6 heteroatoms. The normalized spacial score (nSPS) is 12.3. The number of fused-ring (bicyclic) bond motifs is 1. The van der Waals surface area contributed by atoms with Gasteiger partial charge in [0, 0.05) is 23.4 Å². The second kappa shape index (κ2) is 6.31. The molecule has 3 rings (SSSR count). The lowest BCUT2D eigenvalue weighted by atomic mass is 10.1. The van der Waals surface area contributed by atoms with E-state index in [1.54, 1.807) is 42.5 Å². The van der Waals surface area contributed by atoms with E-state index in [9.17, 15) is 14.4 Å². The maximum atomic E-state index is 11.9. The summed E-state index contributed by atoms with van der Waals surface area (Å²) in [5.74, 6) is -0.810. The highest BCUT2D eigenvalue weighted by Crippen LogP contribution is 2.19. The van der Waals surface area contributed by atoms with Gasteiger partial charge in [-0.25, -0.2) is 0 Å². The van der Waals surface area contributed by atoms with Crippen LogP contribution in [0.5, 0.6) is 0 Å². The van der Waals surface area contributed by atoms with Crippen LogP contribution in [-0.2, 0) is 11.3 Å². The molecular weight excluding hydrogens is 294 g/mol. The first-order chi connectivity index (χ1) is 11.1. The van der Waals surface area contributed by atoms with Gasteiger partial charge in [0.2, 0.25) is 5.91 Å². The molecule has 2 aromatic rings. The molecule has 0 saturated heterocycles. The van der Waals surface area contributed by atoms with Crippen molar-refractivity contribution >= 4 is 23.4 Å². The van der Waals surface area contributed by atoms with Gasteiger partial charge in [-0.15, -0.1) is 0 Å². The number of hydrogen-bond donors (Lipinski definition) is 3. The minimum atomic E-state index is -0.354. The summed E-state index contributed by atoms with van der Waals surface area (Å²) < 4.78 is 0. The Morgan fingerprint density at radius 1 is 1.09 bits per heavy atom. The maximum Gasteiger partial charge on any atom is 0.251 e. The molecule has 2 aromatic carbocycles. The van der Waals surface area contributed by atoms with Crippen LogP contribution in [0.15, 0.2) is 48.5 Å². The van der Waals surface area contributed by atoms with Crippen molar-refractivity contribution in [2.24, 2.45) is 0 Å². The zero-order chi connectivity index (χ0) is 16.2. The second-order valence-electron chi connectivity index (χ2n) is 5.15. The summed E-state index contributed by atoms with van der Waals surface area (Å²) >= 11 is 0. The van der Waals surface area contributed by atoms with Crippen LogP contribution in [0.1, 0.15) is 26.3 Å². The van der Waals surface area contributed by atoms with Crippen LogP contribution in [0.2, 0.25) is 0 Å². The number of hydrogen-bond acceptors (Lipinski definition) is 3. The fourth-order valence-electron chi connectivity index (χ4n) is 2.35. The van der Waals surface area contributed by atoms with Crippen LogP contribution >= 0.6 is 0 Å². The number of rotatable bonds is 4. The highest BCUT2D eigenvalue weighted by molar-refractivity contribution is 6.02. The number of carbonyl (C=O) groups is 3. The Balaban J connectivity index is 1.57. The Morgan fingerprint density at radius 2 is 1.87 bits per heavy atom. The van der Waals surface area contributed by atoms with Gasteiger partial charge in [-0.1, -0.05) is 24.3 Å². The van der Waals surface area contributed by atoms with Crippen LogP contribution in [0.25, 0.3) is 0 Å². The van der Waals surface area contributed by atoms with E-state index in [1.807, 2.05) is 6.07 Å². The van der Waals surface area contributed by atoms with E-state index in [1.165, 1.54) is 0 Å². The van der Waals surface area contributed by atoms with Crippen LogP contribution in [-0.4, -0.2) is 24.3 Å². The molecule has 0 fully saturated rings. The first kappa shape index (κ1) is 14.8. The van der Waals surface area contributed by atoms with Gasteiger partial charge >= 0.3 is 0 Å². The van der Waals surface area contributed by atoms with Crippen molar-refractivity contribution in [2.45, 2.75) is 6.54 Å². The van der Waals surface area contributed by atoms with Gasteiger partial charge in [0.05, 0.1) is 6.54 Å². The number of anilines is 1. The smallest absolute Gasteiger partial charge is 0.251 e. The molecule has 0 bridgehead atoms. The monoisotopic (exact) mass is 309 g/mol. The summed E-state index contributed by atoms with van der Waals surface area (Å²) in [6.45, 7) is 0.368. The van der Waals surface area contributed by atoms with Crippen molar-refractivity contribution in [3.63, 3.8) is 0 Å². The van der Waals surface area contributed by atoms with E-state index in [0.29, 0.717) is 23.4 Å². The molecule has 0 spiro atoms. The van der Waals surface area contributed by atoms with Crippen molar-refractivity contribution in [2.75, 3.05) is 11.9 Å². The molecule has 1 aliphatic heterocycles. The fraction of sp³-hybridized carbons (Fsp3) is 0.118. The van der Waals surface area contributed by atoms with E-state index in [2.05, 4.69) is 16.0 Å². The predicted octanol–water partition coefficient (Wildman–Crippen LogP) is 1.30. The molecular formula is C17H15N3O3. The fourth-order valence-corrected chi connectivity index (χ4v) is 2.35. The minimum Gasteiger partial charge on any atom is -0.348 e. The molecule has 0 aromatic heterocycles. The van der Waals surface area contributed by atoms with Gasteiger partial charge in [0.1, 0.15) is 0 Å². The highest BCUT2D eigenvalue weighted by atomic mass is 16.2. The van der Waals surface area contributed by atoms with Gasteiger partial charge < -0.3 is 16.0 Å². The zero-order valence-corrected chi connectivity index (χ0v) is 12.3. The molecule has 116 valence electrons. The number of carbonyl (C=O) groups excluding carboxylic acids is 3. The number of nitrogens with one attached hydrogen (secondary N) is 3. The van der Waals surface area contributed by atoms with Crippen LogP contribution in [0, 0.1) is 0 Å². The third-order valence-corrected chi connectivity index (χ3v) is 3.52. The van der Waals surface area contributed by atoms with Crippen molar-refractivity contribution in [3.05, 3.63) is 65.2 Å². The average Bonchev–Trinajstić information content (AvgIpc) is 2.94. The number of benzene rings is 2. The van der Waals surface area contributed by atoms with E-state index in [-0.39, 0.29) is 24.3 Å². The topological polar surface area (TPSA) is 87.3 Å². The van der Waals surface area contributed by atoms with Gasteiger partial charge in [0.15, 0.2) is 0 Å². The molecule has 23 heavy (non-hydrogen) atoms. The Morgan fingerprint density at radius 3 is 2.65 bits per heavy atom. The third-order valence-electron chi connectivity index (χ3n) is 3.52. The summed E-state index contributed by atoms with van der Waals surface area (Å²) in [4.78, 5) is 35.4. The summed E-state index contributed by atoms with van der Waals surface area (Å²) in [6, 6.07) is 13.8. The first-order valence-corrected chi connectivity index (χ1v) is 7.18. The maximum absolute atomic E-state index is 11.9. The van der Waals surface area contributed by atoms with Gasteiger partial charge in [-0.3, -0.25) is 14.4 Å². The van der Waals surface area contributed by atoms with Crippen molar-refractivity contribution in [3.8, 4) is 0 Å². The standard InChI is InChI=1S/C17H15N3O3/c21-15(10-19-16(22)11-4-2-1-3-5-11)20-13-7-6-12-9-18-17(23)14(12)8-13/h1-8H,9-10H2,(H,18,23)(H,19,22)(H,20,21). The molecule has 0 radical (unpaired) electrons. The van der Waals surface area contributed by atoms with E-state index < -0.39 is 0 Å². The summed E-state index contributed by atoms with van der Waals surface area (Å²) in [7, 11) is 0. The largest absolute Gasteiger partial charge is 0.348 e. The van der Waals surface area contributed by atoms with Crippen LogP contribution in [0.4, 0.5) is 5.69 Å². The Hall–Kier alpha value is -3.15. The molecule has 0 saturated carbocycles. The molecule has 6 nitrogen and oxygen atoms in total. The number of amides is 3. The van der Waals surface area contributed by atoms with Crippen LogP contribution < -0.4 is 16.0 Å². The minimum absolute atomic E-state index is 0.142. The Labute approximate surface area is 132 Å². The molecule has 3 N–H and O–H groups in total. The molecule has 1 aliphatic rings. The average molecular weight is 309 g/mol. The molecule has 0 atom stereocenters. The SMILES string of the molecule is O=C(CNC(=O)c1ccccc1)Nc1ccc2c(c1)C(=O)NC2. The molecule has 0 unspecified atom stereocenters. The summed E-state index contributed by atoms with van der Waals surface area (Å²) in [5, 5.41) is 7.93. The lowest BCUT2D eigenvalue weighted by Gasteiger charge is -2.08. The van der Waals surface area contributed by atoms with Gasteiger partial charge in [-0.2, -0.15) is 0 Å². The van der Waals surface area contributed by atoms with Crippen LogP contribution in [0.3, 0.4) is 0 Å². The molecule has 3 amide bonds. The van der Waals surface area contributed by atoms with Crippen molar-refractivity contribution < 1.29 is 14.4 Å². The van der Waals surface area contributed by atoms with E-state index >= 15 is 0 Å². The van der Waals surface area contributed by atoms with Gasteiger partial charge in [-0.05, 0) is 29.8 Å². The lowest BCUT2D eigenvalue weighted by molar-refractivity contribution is -0.115. The highest BCUT2D eigenvalue weighted by Gasteiger charge is 2.19. The molecule has 0 aliphatic carbocycles. The quantitative estimate of drug-likeness (QED) is 0.795. The third kappa shape index (κ3) is 3.37. The summed E-state index contributed by atoms with van der Waals surface area (Å²) in [6.07, 6.45) is 0. The van der Waals surface area contributed by atoms with Crippen molar-refractivity contribution in [1.82, 2.24) is 10.6 Å². The second-order valence-corrected chi connectivity index (χ2v) is 5.15. The predicted molar refractivity (Wildman–Crippen MR) is 85.0 cm³/mol. The Bertz CT molecular complexity index is 772.